The van der Waals surface area contributed by atoms with E-state index in [0.717, 1.165) is 26.7 Å². The van der Waals surface area contributed by atoms with Crippen LogP contribution in [0.4, 0.5) is 10.3 Å². The minimum Gasteiger partial charge on any atom is -0.477 e. The van der Waals surface area contributed by atoms with E-state index in [1.807, 2.05) is 0 Å². The van der Waals surface area contributed by atoms with Gasteiger partial charge in [-0.2, -0.15) is 0 Å². The second-order valence-corrected chi connectivity index (χ2v) is 13.9. The number of carbonyl (C=O) groups is 3. The second-order valence-electron chi connectivity index (χ2n) is 7.84. The molecule has 0 saturated carbocycles. The molecule has 2 amide bonds. The minimum atomic E-state index is -1.28. The number of anilines is 2. The smallest absolute Gasteiger partial charge is 0.353 e. The number of hydrogen-bond acceptors (Lipinski definition) is 16. The van der Waals surface area contributed by atoms with Crippen molar-refractivity contribution in [3.63, 3.8) is 0 Å². The summed E-state index contributed by atoms with van der Waals surface area (Å²) in [6.07, 6.45) is 3.28. The van der Waals surface area contributed by atoms with Crippen molar-refractivity contribution in [1.29, 1.82) is 0 Å². The summed E-state index contributed by atoms with van der Waals surface area (Å²) in [5, 5.41) is 32.4. The highest BCUT2D eigenvalue weighted by Crippen LogP contribution is 2.46. The van der Waals surface area contributed by atoms with Gasteiger partial charge in [0, 0.05) is 33.7 Å². The van der Waals surface area contributed by atoms with Crippen LogP contribution in [0.2, 0.25) is 4.34 Å². The first-order valence-corrected chi connectivity index (χ1v) is 15.7. The van der Waals surface area contributed by atoms with Crippen LogP contribution in [-0.2, 0) is 20.1 Å². The number of oxime groups is 1. The number of nitrogen functional groups attached to an aromatic ring is 2. The lowest BCUT2D eigenvalue weighted by Gasteiger charge is -2.49. The molecule has 14 nitrogen and oxygen atoms in total. The third-order valence-electron chi connectivity index (χ3n) is 5.43. The van der Waals surface area contributed by atoms with Crippen molar-refractivity contribution in [3.05, 3.63) is 44.7 Å². The Hall–Kier alpha value is -3.10. The average Bonchev–Trinajstić information content (AvgIpc) is 3.50. The van der Waals surface area contributed by atoms with E-state index in [2.05, 4.69) is 30.6 Å². The van der Waals surface area contributed by atoms with Gasteiger partial charge in [-0.1, -0.05) is 63.0 Å². The summed E-state index contributed by atoms with van der Waals surface area (Å²) in [5.74, 6) is -2.05. The molecule has 0 unspecified atom stereocenters. The zero-order chi connectivity index (χ0) is 28.6. The highest BCUT2D eigenvalue weighted by atomic mass is 35.5. The number of thiazole rings is 1. The number of aromatic nitrogens is 4. The number of nitrogens with zero attached hydrogens (tertiary/aromatic N) is 6. The number of carboxylic acid groups (broad SMARTS) is 1. The molecule has 7 N–H and O–H groups in total. The van der Waals surface area contributed by atoms with Crippen molar-refractivity contribution < 1.29 is 24.7 Å². The Labute approximate surface area is 250 Å². The van der Waals surface area contributed by atoms with Gasteiger partial charge in [0.2, 0.25) is 5.13 Å². The molecule has 5 rings (SSSR count). The number of amides is 2. The number of carboxylic acids is 1. The van der Waals surface area contributed by atoms with Crippen LogP contribution in [-0.4, -0.2) is 76.0 Å². The molecular formula is C20H16ClN9O5S5. The molecular weight excluding hydrogens is 642 g/mol. The first-order chi connectivity index (χ1) is 19.2. The molecule has 2 atom stereocenters. The predicted molar refractivity (Wildman–Crippen MR) is 154 cm³/mol. The SMILES string of the molecule is Nc1nnc(SCc2cnccc2SC2=C(C(=O)O)N3C(=O)[C@@H](NC(=O)/C(=N/O)c4nc(N)sc4Cl)[C@H]3SC2)s1. The molecule has 40 heavy (non-hydrogen) atoms. The number of aliphatic carboxylic acids is 1. The molecule has 0 aliphatic carbocycles. The summed E-state index contributed by atoms with van der Waals surface area (Å²) >= 11 is 12.1. The molecule has 2 aliphatic rings. The van der Waals surface area contributed by atoms with Crippen molar-refractivity contribution in [3.8, 4) is 0 Å². The van der Waals surface area contributed by atoms with Crippen molar-refractivity contribution in [2.75, 3.05) is 17.2 Å². The van der Waals surface area contributed by atoms with Gasteiger partial charge in [0.05, 0.1) is 0 Å². The molecule has 208 valence electrons. The van der Waals surface area contributed by atoms with E-state index in [1.165, 1.54) is 46.6 Å². The van der Waals surface area contributed by atoms with Crippen LogP contribution in [0.1, 0.15) is 11.3 Å². The molecule has 0 bridgehead atoms. The number of carbonyl (C=O) groups excluding carboxylic acids is 2. The van der Waals surface area contributed by atoms with Gasteiger partial charge in [0.25, 0.3) is 11.8 Å². The maximum absolute atomic E-state index is 13.1. The van der Waals surface area contributed by atoms with Gasteiger partial charge in [0.1, 0.15) is 27.1 Å². The molecule has 1 saturated heterocycles. The fraction of sp³-hybridized carbons (Fsp3) is 0.200. The summed E-state index contributed by atoms with van der Waals surface area (Å²) in [6, 6.07) is 0.711. The molecule has 20 heteroatoms. The third kappa shape index (κ3) is 5.56. The van der Waals surface area contributed by atoms with Crippen LogP contribution in [0.25, 0.3) is 0 Å². The fourth-order valence-corrected chi connectivity index (χ4v) is 8.92. The fourth-order valence-electron chi connectivity index (χ4n) is 3.72. The predicted octanol–water partition coefficient (Wildman–Crippen LogP) is 2.17. The van der Waals surface area contributed by atoms with Gasteiger partial charge < -0.3 is 27.1 Å². The van der Waals surface area contributed by atoms with Crippen LogP contribution in [0.3, 0.4) is 0 Å². The largest absolute Gasteiger partial charge is 0.477 e. The Morgan fingerprint density at radius 2 is 2.08 bits per heavy atom. The molecule has 2 aliphatic heterocycles. The Bertz CT molecular complexity index is 1580. The minimum absolute atomic E-state index is 0.0353. The number of rotatable bonds is 9. The van der Waals surface area contributed by atoms with Gasteiger partial charge in [-0.3, -0.25) is 19.5 Å². The Kier molecular flexibility index (Phi) is 8.38. The van der Waals surface area contributed by atoms with Crippen LogP contribution in [0.15, 0.2) is 43.5 Å². The van der Waals surface area contributed by atoms with Crippen LogP contribution >= 0.6 is 69.6 Å². The maximum atomic E-state index is 13.1. The summed E-state index contributed by atoms with van der Waals surface area (Å²) in [5.41, 5.74) is 11.3. The zero-order valence-corrected chi connectivity index (χ0v) is 24.5. The highest BCUT2D eigenvalue weighted by molar-refractivity contribution is 8.06. The normalized spacial score (nSPS) is 18.9. The van der Waals surface area contributed by atoms with Crippen molar-refractivity contribution in [1.82, 2.24) is 30.4 Å². The van der Waals surface area contributed by atoms with Gasteiger partial charge in [0.15, 0.2) is 15.2 Å². The van der Waals surface area contributed by atoms with Gasteiger partial charge in [-0.05, 0) is 11.6 Å². The zero-order valence-electron chi connectivity index (χ0n) is 19.7. The third-order valence-corrected chi connectivity index (χ3v) is 11.1. The number of hydrogen-bond donors (Lipinski definition) is 5. The van der Waals surface area contributed by atoms with E-state index in [-0.39, 0.29) is 26.6 Å². The standard InChI is InChI=1S/C20H16ClN9O5S5/c21-13-9(26-18(22)39-13)10(29-35)14(31)25-11-15(32)30-12(17(33)34)8(5-36-16(11)30)38-7-1-2-24-3-6(7)4-37-20-28-27-19(23)40-20/h1-3,11,16,35H,4-5H2,(H2,22,26)(H2,23,27)(H,25,31)(H,33,34)/b29-10+/t11-,16-/m1/s1. The molecule has 0 radical (unpaired) electrons. The van der Waals surface area contributed by atoms with Gasteiger partial charge >= 0.3 is 5.97 Å². The Balaban J connectivity index is 1.32. The number of fused-ring (bicyclic) bond motifs is 1. The van der Waals surface area contributed by atoms with Crippen molar-refractivity contribution in [2.45, 2.75) is 26.4 Å². The lowest BCUT2D eigenvalue weighted by atomic mass is 10.0. The van der Waals surface area contributed by atoms with Crippen molar-refractivity contribution >= 4 is 103 Å². The summed E-state index contributed by atoms with van der Waals surface area (Å²) < 4.78 is 0.723. The highest BCUT2D eigenvalue weighted by Gasteiger charge is 2.54. The van der Waals surface area contributed by atoms with Crippen LogP contribution < -0.4 is 16.8 Å². The van der Waals surface area contributed by atoms with E-state index in [0.29, 0.717) is 20.1 Å². The number of nitrogens with two attached hydrogens (primary N) is 2. The number of halogens is 1. The van der Waals surface area contributed by atoms with Crippen molar-refractivity contribution in [2.24, 2.45) is 5.16 Å². The van der Waals surface area contributed by atoms with E-state index in [4.69, 9.17) is 23.1 Å². The molecule has 1 fully saturated rings. The number of pyridine rings is 1. The first kappa shape index (κ1) is 28.4. The molecule has 5 heterocycles. The van der Waals surface area contributed by atoms with Crippen LogP contribution in [0, 0.1) is 0 Å². The van der Waals surface area contributed by atoms with Gasteiger partial charge in [-0.25, -0.2) is 9.78 Å². The summed E-state index contributed by atoms with van der Waals surface area (Å²) in [4.78, 5) is 48.6. The van der Waals surface area contributed by atoms with E-state index >= 15 is 0 Å². The second kappa shape index (κ2) is 11.8. The number of β-lactam (4-membered cyclic amide) rings is 1. The molecule has 0 aromatic carbocycles. The van der Waals surface area contributed by atoms with E-state index in [1.54, 1.807) is 18.5 Å². The van der Waals surface area contributed by atoms with E-state index in [9.17, 15) is 24.7 Å². The molecule has 3 aromatic heterocycles. The first-order valence-electron chi connectivity index (χ1n) is 10.9. The summed E-state index contributed by atoms with van der Waals surface area (Å²) in [7, 11) is 0. The quantitative estimate of drug-likeness (QED) is 0.0731. The molecule has 0 spiro atoms. The maximum Gasteiger partial charge on any atom is 0.353 e. The van der Waals surface area contributed by atoms with Gasteiger partial charge in [-0.15, -0.1) is 22.0 Å². The topological polar surface area (TPSA) is 223 Å². The monoisotopic (exact) mass is 657 g/mol. The Morgan fingerprint density at radius 3 is 2.73 bits per heavy atom. The number of nitrogens with one attached hydrogen (secondary N) is 1. The average molecular weight is 658 g/mol. The lowest BCUT2D eigenvalue weighted by Crippen LogP contribution is -2.71. The number of thioether (sulfide) groups is 3. The Morgan fingerprint density at radius 1 is 1.27 bits per heavy atom. The molecule has 3 aromatic rings. The lowest BCUT2D eigenvalue weighted by molar-refractivity contribution is -0.150. The van der Waals surface area contributed by atoms with Crippen LogP contribution in [0.5, 0.6) is 0 Å². The van der Waals surface area contributed by atoms with E-state index < -0.39 is 34.9 Å². The summed E-state index contributed by atoms with van der Waals surface area (Å²) in [6.45, 7) is 0.